The Kier molecular flexibility index (Phi) is 4.32. The first-order chi connectivity index (χ1) is 6.45. The molecule has 0 aromatic heterocycles. The van der Waals surface area contributed by atoms with Gasteiger partial charge in [0.15, 0.2) is 0 Å². The first-order valence-corrected chi connectivity index (χ1v) is 4.23. The number of para-hydroxylation sites is 2. The summed E-state index contributed by atoms with van der Waals surface area (Å²) in [5, 5.41) is 0. The summed E-state index contributed by atoms with van der Waals surface area (Å²) in [5.74, 6) is 1.74. The molecule has 0 aliphatic heterocycles. The molecule has 0 unspecified atom stereocenters. The van der Waals surface area contributed by atoms with Crippen LogP contribution in [0.4, 0.5) is 0 Å². The number of hydrogen-bond acceptors (Lipinski definition) is 1. The molecule has 0 atom stereocenters. The molecular formula is C12H11LiO. The molecule has 0 spiro atoms. The van der Waals surface area contributed by atoms with E-state index in [1.54, 1.807) is 0 Å². The van der Waals surface area contributed by atoms with Crippen molar-refractivity contribution in [3.05, 3.63) is 60.7 Å². The monoisotopic (exact) mass is 178 g/mol. The van der Waals surface area contributed by atoms with E-state index in [0.29, 0.717) is 0 Å². The van der Waals surface area contributed by atoms with Gasteiger partial charge in [0.2, 0.25) is 0 Å². The van der Waals surface area contributed by atoms with Crippen LogP contribution in [0.5, 0.6) is 11.5 Å². The van der Waals surface area contributed by atoms with Gasteiger partial charge in [-0.15, -0.1) is 0 Å². The Labute approximate surface area is 95.9 Å². The summed E-state index contributed by atoms with van der Waals surface area (Å²) in [7, 11) is 0. The summed E-state index contributed by atoms with van der Waals surface area (Å²) in [6.45, 7) is 0. The van der Waals surface area contributed by atoms with Gasteiger partial charge in [0, 0.05) is 0 Å². The summed E-state index contributed by atoms with van der Waals surface area (Å²) in [6.07, 6.45) is 0. The van der Waals surface area contributed by atoms with Crippen LogP contribution in [-0.4, -0.2) is 18.9 Å². The molecule has 0 N–H and O–H groups in total. The minimum atomic E-state index is 0. The molecule has 0 heterocycles. The van der Waals surface area contributed by atoms with Crippen molar-refractivity contribution in [1.82, 2.24) is 0 Å². The third-order valence-corrected chi connectivity index (χ3v) is 1.72. The van der Waals surface area contributed by atoms with Gasteiger partial charge >= 0.3 is 18.9 Å². The molecule has 2 aromatic carbocycles. The second-order valence-corrected chi connectivity index (χ2v) is 2.73. The van der Waals surface area contributed by atoms with Crippen molar-refractivity contribution >= 4 is 18.9 Å². The van der Waals surface area contributed by atoms with Gasteiger partial charge in [0.1, 0.15) is 11.5 Å². The zero-order valence-corrected chi connectivity index (χ0v) is 7.18. The number of ether oxygens (including phenoxy) is 1. The maximum absolute atomic E-state index is 5.58. The van der Waals surface area contributed by atoms with Crippen LogP contribution in [0.3, 0.4) is 0 Å². The molecule has 0 aliphatic carbocycles. The van der Waals surface area contributed by atoms with E-state index in [0.717, 1.165) is 11.5 Å². The van der Waals surface area contributed by atoms with E-state index in [1.807, 2.05) is 60.7 Å². The van der Waals surface area contributed by atoms with Gasteiger partial charge in [0.05, 0.1) is 0 Å². The number of benzene rings is 2. The molecule has 0 aliphatic rings. The normalized spacial score (nSPS) is 8.86. The van der Waals surface area contributed by atoms with Gasteiger partial charge in [-0.2, -0.15) is 0 Å². The van der Waals surface area contributed by atoms with Crippen LogP contribution in [0.1, 0.15) is 0 Å². The maximum Gasteiger partial charge on any atom is 0.127 e. The second-order valence-electron chi connectivity index (χ2n) is 2.73. The van der Waals surface area contributed by atoms with E-state index >= 15 is 0 Å². The van der Waals surface area contributed by atoms with Crippen LogP contribution >= 0.6 is 0 Å². The largest absolute Gasteiger partial charge is 0.457 e. The van der Waals surface area contributed by atoms with Gasteiger partial charge in [0.25, 0.3) is 0 Å². The molecule has 14 heavy (non-hydrogen) atoms. The molecule has 0 radical (unpaired) electrons. The zero-order chi connectivity index (χ0) is 8.93. The van der Waals surface area contributed by atoms with E-state index in [9.17, 15) is 0 Å². The Bertz CT molecular complexity index is 321. The Morgan fingerprint density at radius 3 is 1.29 bits per heavy atom. The zero-order valence-electron chi connectivity index (χ0n) is 7.18. The van der Waals surface area contributed by atoms with Gasteiger partial charge in [-0.25, -0.2) is 0 Å². The SMILES string of the molecule is [LiH].c1ccc(Oc2ccccc2)cc1. The van der Waals surface area contributed by atoms with E-state index in [4.69, 9.17) is 4.74 Å². The quantitative estimate of drug-likeness (QED) is 0.642. The average Bonchev–Trinajstić information content (AvgIpc) is 2.21. The first-order valence-electron chi connectivity index (χ1n) is 4.23. The van der Waals surface area contributed by atoms with Gasteiger partial charge in [-0.3, -0.25) is 0 Å². The fourth-order valence-electron chi connectivity index (χ4n) is 1.11. The van der Waals surface area contributed by atoms with E-state index in [-0.39, 0.29) is 18.9 Å². The van der Waals surface area contributed by atoms with Crippen molar-refractivity contribution in [3.8, 4) is 11.5 Å². The predicted octanol–water partition coefficient (Wildman–Crippen LogP) is 2.83. The Morgan fingerprint density at radius 1 is 0.571 bits per heavy atom. The molecule has 0 fully saturated rings. The van der Waals surface area contributed by atoms with Crippen LogP contribution in [0, 0.1) is 0 Å². The first kappa shape index (κ1) is 10.9. The standard InChI is InChI=1S/C12H10O.Li.H/c1-3-7-11(8-4-1)13-12-9-5-2-6-10-12;;/h1-10H;;. The van der Waals surface area contributed by atoms with Crippen molar-refractivity contribution in [3.63, 3.8) is 0 Å². The fourth-order valence-corrected chi connectivity index (χ4v) is 1.11. The third-order valence-electron chi connectivity index (χ3n) is 1.72. The van der Waals surface area contributed by atoms with Crippen LogP contribution in [0.2, 0.25) is 0 Å². The Balaban J connectivity index is 0.000000980. The molecule has 0 saturated carbocycles. The molecular weight excluding hydrogens is 167 g/mol. The molecule has 2 aromatic rings. The Hall–Kier alpha value is -1.16. The fraction of sp³-hybridized carbons (Fsp3) is 0. The van der Waals surface area contributed by atoms with Crippen LogP contribution < -0.4 is 4.74 Å². The van der Waals surface area contributed by atoms with Crippen LogP contribution in [-0.2, 0) is 0 Å². The Morgan fingerprint density at radius 2 is 0.929 bits per heavy atom. The summed E-state index contributed by atoms with van der Waals surface area (Å²) < 4.78 is 5.58. The van der Waals surface area contributed by atoms with Crippen molar-refractivity contribution in [2.75, 3.05) is 0 Å². The van der Waals surface area contributed by atoms with Gasteiger partial charge in [-0.1, -0.05) is 36.4 Å². The molecule has 0 saturated heterocycles. The molecule has 2 rings (SSSR count). The molecule has 0 bridgehead atoms. The second kappa shape index (κ2) is 5.54. The minimum Gasteiger partial charge on any atom is -0.457 e. The van der Waals surface area contributed by atoms with Crippen molar-refractivity contribution < 1.29 is 4.74 Å². The summed E-state index contributed by atoms with van der Waals surface area (Å²) in [4.78, 5) is 0. The van der Waals surface area contributed by atoms with E-state index < -0.39 is 0 Å². The molecule has 66 valence electrons. The summed E-state index contributed by atoms with van der Waals surface area (Å²) in [5.41, 5.74) is 0. The maximum atomic E-state index is 5.58. The smallest absolute Gasteiger partial charge is 0.127 e. The average molecular weight is 178 g/mol. The number of rotatable bonds is 2. The topological polar surface area (TPSA) is 9.23 Å². The minimum absolute atomic E-state index is 0. The van der Waals surface area contributed by atoms with E-state index in [1.165, 1.54) is 0 Å². The number of hydrogen-bond donors (Lipinski definition) is 0. The molecule has 2 heteroatoms. The van der Waals surface area contributed by atoms with E-state index in [2.05, 4.69) is 0 Å². The predicted molar refractivity (Wildman–Crippen MR) is 60.1 cm³/mol. The molecule has 1 nitrogen and oxygen atoms in total. The summed E-state index contributed by atoms with van der Waals surface area (Å²) >= 11 is 0. The summed E-state index contributed by atoms with van der Waals surface area (Å²) in [6, 6.07) is 19.5. The third kappa shape index (κ3) is 2.96. The van der Waals surface area contributed by atoms with Crippen molar-refractivity contribution in [2.45, 2.75) is 0 Å². The van der Waals surface area contributed by atoms with Crippen molar-refractivity contribution in [2.24, 2.45) is 0 Å². The van der Waals surface area contributed by atoms with Crippen LogP contribution in [0.25, 0.3) is 0 Å². The van der Waals surface area contributed by atoms with Gasteiger partial charge < -0.3 is 4.74 Å². The van der Waals surface area contributed by atoms with Gasteiger partial charge in [-0.05, 0) is 24.3 Å². The van der Waals surface area contributed by atoms with Crippen LogP contribution in [0.15, 0.2) is 60.7 Å². The van der Waals surface area contributed by atoms with Crippen molar-refractivity contribution in [1.29, 1.82) is 0 Å². The molecule has 0 amide bonds.